The Morgan fingerprint density at radius 3 is 2.45 bits per heavy atom. The number of methoxy groups -OCH3 is 1. The van der Waals surface area contributed by atoms with Crippen molar-refractivity contribution in [3.63, 3.8) is 0 Å². The van der Waals surface area contributed by atoms with Crippen molar-refractivity contribution in [1.29, 1.82) is 0 Å². The van der Waals surface area contributed by atoms with Gasteiger partial charge < -0.3 is 14.8 Å². The Morgan fingerprint density at radius 2 is 1.77 bits per heavy atom. The fourth-order valence-corrected chi connectivity index (χ4v) is 1.77. The second kappa shape index (κ2) is 7.40. The van der Waals surface area contributed by atoms with Gasteiger partial charge in [0, 0.05) is 0 Å². The lowest BCUT2D eigenvalue weighted by Gasteiger charge is -2.09. The zero-order chi connectivity index (χ0) is 15.9. The van der Waals surface area contributed by atoms with E-state index in [2.05, 4.69) is 5.32 Å². The summed E-state index contributed by atoms with van der Waals surface area (Å²) >= 11 is 0. The predicted octanol–water partition coefficient (Wildman–Crippen LogP) is 2.78. The van der Waals surface area contributed by atoms with Crippen molar-refractivity contribution in [1.82, 2.24) is 5.32 Å². The first-order valence-corrected chi connectivity index (χ1v) is 6.60. The third-order valence-corrected chi connectivity index (χ3v) is 2.89. The summed E-state index contributed by atoms with van der Waals surface area (Å²) in [5.41, 5.74) is -0.329. The van der Waals surface area contributed by atoms with E-state index in [0.29, 0.717) is 11.5 Å². The zero-order valence-electron chi connectivity index (χ0n) is 11.9. The van der Waals surface area contributed by atoms with Crippen LogP contribution in [-0.2, 0) is 0 Å². The van der Waals surface area contributed by atoms with Crippen LogP contribution in [0, 0.1) is 11.6 Å². The molecule has 4 nitrogen and oxygen atoms in total. The van der Waals surface area contributed by atoms with E-state index in [1.54, 1.807) is 31.4 Å². The fourth-order valence-electron chi connectivity index (χ4n) is 1.77. The molecule has 0 aliphatic heterocycles. The topological polar surface area (TPSA) is 47.6 Å². The average molecular weight is 307 g/mol. The number of carbonyl (C=O) groups is 1. The highest BCUT2D eigenvalue weighted by Gasteiger charge is 2.12. The molecule has 0 heterocycles. The second-order valence-corrected chi connectivity index (χ2v) is 4.40. The summed E-state index contributed by atoms with van der Waals surface area (Å²) < 4.78 is 36.8. The van der Waals surface area contributed by atoms with Crippen molar-refractivity contribution in [2.75, 3.05) is 20.3 Å². The molecule has 0 atom stereocenters. The quantitative estimate of drug-likeness (QED) is 0.835. The molecule has 0 saturated heterocycles. The molecular formula is C16H15F2NO3. The van der Waals surface area contributed by atoms with E-state index in [1.165, 1.54) is 0 Å². The van der Waals surface area contributed by atoms with Gasteiger partial charge in [0.25, 0.3) is 5.91 Å². The zero-order valence-corrected chi connectivity index (χ0v) is 11.9. The van der Waals surface area contributed by atoms with Crippen molar-refractivity contribution >= 4 is 5.91 Å². The minimum atomic E-state index is -0.769. The molecule has 0 aliphatic rings. The molecule has 0 saturated carbocycles. The third kappa shape index (κ3) is 4.18. The molecule has 2 rings (SSSR count). The lowest BCUT2D eigenvalue weighted by molar-refractivity contribution is 0.0942. The van der Waals surface area contributed by atoms with Crippen LogP contribution in [0.15, 0.2) is 42.5 Å². The minimum Gasteiger partial charge on any atom is -0.497 e. The van der Waals surface area contributed by atoms with Crippen molar-refractivity contribution in [3.05, 3.63) is 59.7 Å². The van der Waals surface area contributed by atoms with Crippen LogP contribution in [0.2, 0.25) is 0 Å². The van der Waals surface area contributed by atoms with Crippen LogP contribution < -0.4 is 14.8 Å². The molecule has 1 amide bonds. The first kappa shape index (κ1) is 15.8. The van der Waals surface area contributed by atoms with Gasteiger partial charge in [-0.25, -0.2) is 8.78 Å². The van der Waals surface area contributed by atoms with E-state index in [1.807, 2.05) is 0 Å². The monoisotopic (exact) mass is 307 g/mol. The van der Waals surface area contributed by atoms with Crippen LogP contribution in [0.25, 0.3) is 0 Å². The Balaban J connectivity index is 1.80. The molecule has 0 radical (unpaired) electrons. The van der Waals surface area contributed by atoms with Gasteiger partial charge in [-0.3, -0.25) is 4.79 Å². The van der Waals surface area contributed by atoms with Crippen LogP contribution in [0.4, 0.5) is 8.78 Å². The molecule has 22 heavy (non-hydrogen) atoms. The highest BCUT2D eigenvalue weighted by Crippen LogP contribution is 2.16. The van der Waals surface area contributed by atoms with Gasteiger partial charge in [-0.1, -0.05) is 0 Å². The number of carbonyl (C=O) groups excluding carboxylic acids is 1. The van der Waals surface area contributed by atoms with Crippen LogP contribution in [0.3, 0.4) is 0 Å². The fraction of sp³-hybridized carbons (Fsp3) is 0.188. The van der Waals surface area contributed by atoms with E-state index in [-0.39, 0.29) is 18.7 Å². The second-order valence-electron chi connectivity index (χ2n) is 4.40. The molecule has 0 unspecified atom stereocenters. The van der Waals surface area contributed by atoms with E-state index in [0.717, 1.165) is 18.2 Å². The molecule has 2 aromatic rings. The van der Waals surface area contributed by atoms with Gasteiger partial charge in [0.1, 0.15) is 29.7 Å². The van der Waals surface area contributed by atoms with Gasteiger partial charge in [-0.15, -0.1) is 0 Å². The summed E-state index contributed by atoms with van der Waals surface area (Å²) in [6.45, 7) is 0.371. The van der Waals surface area contributed by atoms with Crippen LogP contribution in [-0.4, -0.2) is 26.2 Å². The number of amides is 1. The number of nitrogens with one attached hydrogen (secondary N) is 1. The van der Waals surface area contributed by atoms with E-state index in [4.69, 9.17) is 9.47 Å². The van der Waals surface area contributed by atoms with Gasteiger partial charge in [-0.05, 0) is 42.5 Å². The maximum atomic E-state index is 13.4. The molecule has 6 heteroatoms. The molecular weight excluding hydrogens is 292 g/mol. The van der Waals surface area contributed by atoms with Gasteiger partial charge in [0.15, 0.2) is 0 Å². The Morgan fingerprint density at radius 1 is 1.09 bits per heavy atom. The van der Waals surface area contributed by atoms with Gasteiger partial charge >= 0.3 is 0 Å². The molecule has 0 spiro atoms. The van der Waals surface area contributed by atoms with Crippen LogP contribution >= 0.6 is 0 Å². The average Bonchev–Trinajstić information content (AvgIpc) is 2.54. The number of halogens is 2. The van der Waals surface area contributed by atoms with Gasteiger partial charge in [0.2, 0.25) is 0 Å². The highest BCUT2D eigenvalue weighted by molar-refractivity contribution is 5.94. The van der Waals surface area contributed by atoms with E-state index in [9.17, 15) is 13.6 Å². The molecule has 0 aromatic heterocycles. The molecule has 0 bridgehead atoms. The Bertz CT molecular complexity index is 644. The smallest absolute Gasteiger partial charge is 0.254 e. The maximum absolute atomic E-state index is 13.4. The van der Waals surface area contributed by atoms with Crippen molar-refractivity contribution in [2.45, 2.75) is 0 Å². The lowest BCUT2D eigenvalue weighted by Crippen LogP contribution is -2.28. The Labute approximate surface area is 126 Å². The number of hydrogen-bond acceptors (Lipinski definition) is 3. The first-order chi connectivity index (χ1) is 10.6. The van der Waals surface area contributed by atoms with Crippen LogP contribution in [0.1, 0.15) is 10.4 Å². The standard InChI is InChI=1S/C16H15F2NO3/c1-21-12-3-5-13(6-4-12)22-9-8-19-16(20)14-10-11(17)2-7-15(14)18/h2-7,10H,8-9H2,1H3,(H,19,20). The third-order valence-electron chi connectivity index (χ3n) is 2.89. The highest BCUT2D eigenvalue weighted by atomic mass is 19.1. The van der Waals surface area contributed by atoms with Crippen molar-refractivity contribution in [2.24, 2.45) is 0 Å². The summed E-state index contributed by atoms with van der Waals surface area (Å²) in [6, 6.07) is 9.68. The van der Waals surface area contributed by atoms with Gasteiger partial charge in [-0.2, -0.15) is 0 Å². The normalized spacial score (nSPS) is 10.1. The lowest BCUT2D eigenvalue weighted by atomic mass is 10.2. The molecule has 116 valence electrons. The number of ether oxygens (including phenoxy) is 2. The van der Waals surface area contributed by atoms with E-state index >= 15 is 0 Å². The first-order valence-electron chi connectivity index (χ1n) is 6.60. The minimum absolute atomic E-state index is 0.167. The molecule has 1 N–H and O–H groups in total. The summed E-state index contributed by atoms with van der Waals surface area (Å²) in [6.07, 6.45) is 0. The summed E-state index contributed by atoms with van der Waals surface area (Å²) in [7, 11) is 1.57. The number of hydrogen-bond donors (Lipinski definition) is 1. The van der Waals surface area contributed by atoms with Crippen molar-refractivity contribution < 1.29 is 23.0 Å². The van der Waals surface area contributed by atoms with E-state index < -0.39 is 17.5 Å². The molecule has 0 fully saturated rings. The molecule has 2 aromatic carbocycles. The summed E-state index contributed by atoms with van der Waals surface area (Å²) in [4.78, 5) is 11.7. The summed E-state index contributed by atoms with van der Waals surface area (Å²) in [5.74, 6) is -0.791. The van der Waals surface area contributed by atoms with Crippen molar-refractivity contribution in [3.8, 4) is 11.5 Å². The number of benzene rings is 2. The van der Waals surface area contributed by atoms with Crippen LogP contribution in [0.5, 0.6) is 11.5 Å². The Kier molecular flexibility index (Phi) is 5.30. The predicted molar refractivity (Wildman–Crippen MR) is 77.2 cm³/mol. The number of rotatable bonds is 6. The van der Waals surface area contributed by atoms with Gasteiger partial charge in [0.05, 0.1) is 19.2 Å². The Hall–Kier alpha value is -2.63. The maximum Gasteiger partial charge on any atom is 0.254 e. The SMILES string of the molecule is COc1ccc(OCCNC(=O)c2cc(F)ccc2F)cc1. The summed E-state index contributed by atoms with van der Waals surface area (Å²) in [5, 5.41) is 2.46. The largest absolute Gasteiger partial charge is 0.497 e. The molecule has 0 aliphatic carbocycles.